The summed E-state index contributed by atoms with van der Waals surface area (Å²) in [5.74, 6) is -0.482. The average Bonchev–Trinajstić information content (AvgIpc) is 2.36. The van der Waals surface area contributed by atoms with Crippen molar-refractivity contribution in [3.05, 3.63) is 0 Å². The van der Waals surface area contributed by atoms with E-state index in [2.05, 4.69) is 0 Å². The van der Waals surface area contributed by atoms with Crippen LogP contribution in [-0.4, -0.2) is 30.9 Å². The molecule has 5 nitrogen and oxygen atoms in total. The predicted molar refractivity (Wildman–Crippen MR) is 75.4 cm³/mol. The molecule has 0 bridgehead atoms. The van der Waals surface area contributed by atoms with Gasteiger partial charge in [-0.1, -0.05) is 20.3 Å². The molecular weight excluding hydrogens is 267 g/mol. The van der Waals surface area contributed by atoms with E-state index in [0.717, 1.165) is 0 Å². The smallest absolute Gasteiger partial charge is 0.347 e. The van der Waals surface area contributed by atoms with E-state index in [1.54, 1.807) is 20.8 Å². The van der Waals surface area contributed by atoms with Crippen molar-refractivity contribution in [3.8, 4) is 0 Å². The molecule has 0 amide bonds. The highest BCUT2D eigenvalue weighted by molar-refractivity contribution is 7.56. The minimum absolute atomic E-state index is 0.238. The fraction of sp³-hybridized carbons (Fsp3) is 0.923. The third kappa shape index (κ3) is 4.04. The Morgan fingerprint density at radius 2 is 1.53 bits per heavy atom. The van der Waals surface area contributed by atoms with Crippen LogP contribution in [0.2, 0.25) is 0 Å². The van der Waals surface area contributed by atoms with Crippen molar-refractivity contribution in [2.24, 2.45) is 0 Å². The summed E-state index contributed by atoms with van der Waals surface area (Å²) in [4.78, 5) is 12.3. The molecule has 0 N–H and O–H groups in total. The van der Waals surface area contributed by atoms with Gasteiger partial charge in [-0.3, -0.25) is 9.36 Å². The standard InChI is InChI=1S/C13H27O5P/c1-6-11-13(7-2,12(14)16-8-3)19(15,17-9-4)18-10-5/h6-11H2,1-5H3. The molecule has 0 radical (unpaired) electrons. The van der Waals surface area contributed by atoms with E-state index >= 15 is 0 Å². The Hall–Kier alpha value is -0.380. The Balaban J connectivity index is 5.61. The topological polar surface area (TPSA) is 61.8 Å². The van der Waals surface area contributed by atoms with Crippen molar-refractivity contribution in [3.63, 3.8) is 0 Å². The van der Waals surface area contributed by atoms with Gasteiger partial charge >= 0.3 is 13.6 Å². The summed E-state index contributed by atoms with van der Waals surface area (Å²) in [5.41, 5.74) is 0. The highest BCUT2D eigenvalue weighted by Gasteiger charge is 2.56. The van der Waals surface area contributed by atoms with E-state index in [9.17, 15) is 9.36 Å². The lowest BCUT2D eigenvalue weighted by molar-refractivity contribution is -0.147. The molecule has 0 heterocycles. The van der Waals surface area contributed by atoms with Crippen LogP contribution >= 0.6 is 7.60 Å². The van der Waals surface area contributed by atoms with Gasteiger partial charge in [0.15, 0.2) is 5.16 Å². The van der Waals surface area contributed by atoms with E-state index in [0.29, 0.717) is 19.3 Å². The quantitative estimate of drug-likeness (QED) is 0.453. The molecule has 1 unspecified atom stereocenters. The monoisotopic (exact) mass is 294 g/mol. The summed E-state index contributed by atoms with van der Waals surface area (Å²) < 4.78 is 28.9. The molecule has 19 heavy (non-hydrogen) atoms. The summed E-state index contributed by atoms with van der Waals surface area (Å²) in [5, 5.41) is -1.19. The highest BCUT2D eigenvalue weighted by atomic mass is 31.2. The minimum Gasteiger partial charge on any atom is -0.465 e. The van der Waals surface area contributed by atoms with Crippen molar-refractivity contribution in [1.29, 1.82) is 0 Å². The number of ether oxygens (including phenoxy) is 1. The Kier molecular flexibility index (Phi) is 8.55. The maximum atomic E-state index is 13.0. The second kappa shape index (κ2) is 8.72. The summed E-state index contributed by atoms with van der Waals surface area (Å²) in [7, 11) is -3.54. The Labute approximate surface area is 116 Å². The zero-order valence-corrected chi connectivity index (χ0v) is 13.6. The molecule has 0 saturated heterocycles. The zero-order valence-electron chi connectivity index (χ0n) is 12.7. The number of esters is 1. The van der Waals surface area contributed by atoms with Crippen LogP contribution in [-0.2, 0) is 23.1 Å². The van der Waals surface area contributed by atoms with Gasteiger partial charge in [0.25, 0.3) is 0 Å². The third-order valence-electron chi connectivity index (χ3n) is 3.03. The van der Waals surface area contributed by atoms with E-state index in [4.69, 9.17) is 13.8 Å². The van der Waals surface area contributed by atoms with Crippen molar-refractivity contribution in [2.75, 3.05) is 19.8 Å². The molecule has 6 heteroatoms. The molecule has 1 atom stereocenters. The van der Waals surface area contributed by atoms with Gasteiger partial charge in [0.2, 0.25) is 0 Å². The van der Waals surface area contributed by atoms with Crippen LogP contribution in [0.5, 0.6) is 0 Å². The van der Waals surface area contributed by atoms with Gasteiger partial charge in [-0.05, 0) is 33.6 Å². The van der Waals surface area contributed by atoms with E-state index < -0.39 is 18.7 Å². The van der Waals surface area contributed by atoms with Gasteiger partial charge in [0.1, 0.15) is 0 Å². The highest BCUT2D eigenvalue weighted by Crippen LogP contribution is 2.63. The number of hydrogen-bond donors (Lipinski definition) is 0. The fourth-order valence-corrected chi connectivity index (χ4v) is 4.59. The number of hydrogen-bond acceptors (Lipinski definition) is 5. The molecular formula is C13H27O5P. The molecule has 0 aliphatic rings. The second-order valence-electron chi connectivity index (χ2n) is 4.19. The molecule has 0 aliphatic carbocycles. The van der Waals surface area contributed by atoms with E-state index in [-0.39, 0.29) is 19.8 Å². The lowest BCUT2D eigenvalue weighted by atomic mass is 10.00. The van der Waals surface area contributed by atoms with Crippen LogP contribution in [0.4, 0.5) is 0 Å². The van der Waals surface area contributed by atoms with E-state index in [1.807, 2.05) is 13.8 Å². The van der Waals surface area contributed by atoms with Crippen LogP contribution < -0.4 is 0 Å². The van der Waals surface area contributed by atoms with Crippen LogP contribution in [0.25, 0.3) is 0 Å². The largest absolute Gasteiger partial charge is 0.465 e. The Bertz CT molecular complexity index is 308. The zero-order chi connectivity index (χ0) is 14.9. The maximum Gasteiger partial charge on any atom is 0.347 e. The summed E-state index contributed by atoms with van der Waals surface area (Å²) in [6.45, 7) is 9.69. The van der Waals surface area contributed by atoms with E-state index in [1.165, 1.54) is 0 Å². The van der Waals surface area contributed by atoms with Crippen LogP contribution in [0.15, 0.2) is 0 Å². The first-order chi connectivity index (χ1) is 8.97. The SMILES string of the molecule is CCCC(CC)(C(=O)OCC)P(=O)(OCC)OCC. The number of rotatable bonds is 10. The molecule has 0 fully saturated rings. The predicted octanol–water partition coefficient (Wildman–Crippen LogP) is 3.76. The number of carbonyl (C=O) groups excluding carboxylic acids is 1. The van der Waals surface area contributed by atoms with Crippen LogP contribution in [0.1, 0.15) is 53.9 Å². The molecule has 0 aliphatic heterocycles. The lowest BCUT2D eigenvalue weighted by Gasteiger charge is -2.35. The van der Waals surface area contributed by atoms with Crippen LogP contribution in [0, 0.1) is 0 Å². The van der Waals surface area contributed by atoms with Crippen molar-refractivity contribution >= 4 is 13.6 Å². The van der Waals surface area contributed by atoms with Gasteiger partial charge < -0.3 is 13.8 Å². The maximum absolute atomic E-state index is 13.0. The van der Waals surface area contributed by atoms with Crippen molar-refractivity contribution in [2.45, 2.75) is 59.0 Å². The van der Waals surface area contributed by atoms with Crippen molar-refractivity contribution in [1.82, 2.24) is 0 Å². The normalized spacial score (nSPS) is 15.0. The first kappa shape index (κ1) is 18.6. The molecule has 0 spiro atoms. The first-order valence-corrected chi connectivity index (χ1v) is 8.58. The van der Waals surface area contributed by atoms with Gasteiger partial charge in [-0.15, -0.1) is 0 Å². The molecule has 0 aromatic heterocycles. The Morgan fingerprint density at radius 1 is 1.00 bits per heavy atom. The lowest BCUT2D eigenvalue weighted by Crippen LogP contribution is -2.41. The fourth-order valence-electron chi connectivity index (χ4n) is 2.17. The van der Waals surface area contributed by atoms with Gasteiger partial charge in [-0.2, -0.15) is 0 Å². The molecule has 0 saturated carbocycles. The second-order valence-corrected chi connectivity index (χ2v) is 6.56. The van der Waals surface area contributed by atoms with Crippen LogP contribution in [0.3, 0.4) is 0 Å². The van der Waals surface area contributed by atoms with Gasteiger partial charge in [-0.25, -0.2) is 0 Å². The molecule has 0 rings (SSSR count). The molecule has 0 aromatic rings. The average molecular weight is 294 g/mol. The third-order valence-corrected chi connectivity index (χ3v) is 5.99. The van der Waals surface area contributed by atoms with Crippen molar-refractivity contribution < 1.29 is 23.1 Å². The first-order valence-electron chi connectivity index (χ1n) is 7.04. The molecule has 0 aromatic carbocycles. The summed E-state index contributed by atoms with van der Waals surface area (Å²) in [6, 6.07) is 0. The minimum atomic E-state index is -3.54. The van der Waals surface area contributed by atoms with Gasteiger partial charge in [0.05, 0.1) is 19.8 Å². The van der Waals surface area contributed by atoms with Gasteiger partial charge in [0, 0.05) is 0 Å². The molecule has 114 valence electrons. The summed E-state index contributed by atoms with van der Waals surface area (Å²) in [6.07, 6.45) is 1.51. The Morgan fingerprint density at radius 3 is 1.84 bits per heavy atom. The summed E-state index contributed by atoms with van der Waals surface area (Å²) >= 11 is 0. The number of carbonyl (C=O) groups is 1.